The van der Waals surface area contributed by atoms with Crippen LogP contribution in [0.25, 0.3) is 0 Å². The molecular weight excluding hydrogens is 160 g/mol. The fourth-order valence-corrected chi connectivity index (χ4v) is 0.581. The zero-order chi connectivity index (χ0) is 8.97. The van der Waals surface area contributed by atoms with E-state index < -0.39 is 11.9 Å². The van der Waals surface area contributed by atoms with E-state index in [4.69, 9.17) is 0 Å². The second-order valence-corrected chi connectivity index (χ2v) is 1.95. The highest BCUT2D eigenvalue weighted by Crippen LogP contribution is 1.91. The molecule has 0 aliphatic carbocycles. The van der Waals surface area contributed by atoms with Gasteiger partial charge in [-0.2, -0.15) is 0 Å². The van der Waals surface area contributed by atoms with Gasteiger partial charge in [0, 0.05) is 19.3 Å². The molecule has 0 bridgehead atoms. The van der Waals surface area contributed by atoms with Crippen LogP contribution in [0.4, 0.5) is 0 Å². The van der Waals surface area contributed by atoms with E-state index in [2.05, 4.69) is 14.7 Å². The molecule has 0 saturated heterocycles. The first-order chi connectivity index (χ1) is 5.70. The lowest BCUT2D eigenvalue weighted by Gasteiger charge is -1.95. The first kappa shape index (κ1) is 8.32. The molecule has 12 heavy (non-hydrogen) atoms. The average molecular weight is 166 g/mol. The maximum atomic E-state index is 10.9. The minimum absolute atomic E-state index is 0.118. The van der Waals surface area contributed by atoms with Crippen LogP contribution in [0.15, 0.2) is 18.5 Å². The SMILES string of the molecule is CC(=O)OC(=O)c1ncccn1. The second kappa shape index (κ2) is 3.56. The molecule has 1 rings (SSSR count). The molecule has 0 N–H and O–H groups in total. The minimum atomic E-state index is -0.830. The summed E-state index contributed by atoms with van der Waals surface area (Å²) < 4.78 is 4.23. The number of carbonyl (C=O) groups is 2. The number of hydrogen-bond donors (Lipinski definition) is 0. The summed E-state index contributed by atoms with van der Waals surface area (Å²) in [5.74, 6) is -1.62. The van der Waals surface area contributed by atoms with Crippen molar-refractivity contribution in [3.8, 4) is 0 Å². The summed E-state index contributed by atoms with van der Waals surface area (Å²) in [5.41, 5.74) is 0. The Morgan fingerprint density at radius 3 is 2.42 bits per heavy atom. The molecule has 5 heteroatoms. The summed E-state index contributed by atoms with van der Waals surface area (Å²) in [6, 6.07) is 1.56. The first-order valence-electron chi connectivity index (χ1n) is 3.20. The summed E-state index contributed by atoms with van der Waals surface area (Å²) >= 11 is 0. The van der Waals surface area contributed by atoms with Gasteiger partial charge in [0.1, 0.15) is 0 Å². The van der Waals surface area contributed by atoms with Crippen LogP contribution in [0, 0.1) is 0 Å². The van der Waals surface area contributed by atoms with Crippen LogP contribution in [0.3, 0.4) is 0 Å². The van der Waals surface area contributed by atoms with Gasteiger partial charge < -0.3 is 4.74 Å². The molecule has 0 unspecified atom stereocenters. The number of rotatable bonds is 1. The van der Waals surface area contributed by atoms with E-state index in [-0.39, 0.29) is 5.82 Å². The largest absolute Gasteiger partial charge is 0.387 e. The summed E-state index contributed by atoms with van der Waals surface area (Å²) in [5, 5.41) is 0. The van der Waals surface area contributed by atoms with E-state index in [1.807, 2.05) is 0 Å². The van der Waals surface area contributed by atoms with E-state index in [0.717, 1.165) is 6.92 Å². The molecule has 0 saturated carbocycles. The summed E-state index contributed by atoms with van der Waals surface area (Å²) in [6.07, 6.45) is 2.79. The van der Waals surface area contributed by atoms with Crippen molar-refractivity contribution in [1.82, 2.24) is 9.97 Å². The Morgan fingerprint density at radius 2 is 1.92 bits per heavy atom. The first-order valence-corrected chi connectivity index (χ1v) is 3.20. The number of ether oxygens (including phenoxy) is 1. The molecule has 0 aliphatic heterocycles. The van der Waals surface area contributed by atoms with Gasteiger partial charge in [-0.05, 0) is 6.07 Å². The van der Waals surface area contributed by atoms with Crippen LogP contribution in [0.2, 0.25) is 0 Å². The van der Waals surface area contributed by atoms with Crippen molar-refractivity contribution in [2.24, 2.45) is 0 Å². The molecule has 62 valence electrons. The lowest BCUT2D eigenvalue weighted by molar-refractivity contribution is -0.135. The molecule has 1 aromatic rings. The highest BCUT2D eigenvalue weighted by molar-refractivity contribution is 5.93. The number of carbonyl (C=O) groups excluding carboxylic acids is 2. The van der Waals surface area contributed by atoms with Gasteiger partial charge in [0.15, 0.2) is 0 Å². The fourth-order valence-electron chi connectivity index (χ4n) is 0.581. The van der Waals surface area contributed by atoms with Crippen molar-refractivity contribution < 1.29 is 14.3 Å². The van der Waals surface area contributed by atoms with Crippen molar-refractivity contribution in [3.63, 3.8) is 0 Å². The van der Waals surface area contributed by atoms with Crippen molar-refractivity contribution in [2.45, 2.75) is 6.92 Å². The Labute approximate surface area is 68.4 Å². The lowest BCUT2D eigenvalue weighted by atomic mass is 10.5. The van der Waals surface area contributed by atoms with E-state index in [0.29, 0.717) is 0 Å². The van der Waals surface area contributed by atoms with Gasteiger partial charge in [-0.3, -0.25) is 4.79 Å². The Hall–Kier alpha value is -1.78. The Kier molecular flexibility index (Phi) is 2.47. The molecular formula is C7H6N2O3. The van der Waals surface area contributed by atoms with E-state index in [1.54, 1.807) is 6.07 Å². The molecule has 0 spiro atoms. The zero-order valence-electron chi connectivity index (χ0n) is 6.35. The molecule has 0 fully saturated rings. The number of hydrogen-bond acceptors (Lipinski definition) is 5. The lowest BCUT2D eigenvalue weighted by Crippen LogP contribution is -2.12. The van der Waals surface area contributed by atoms with Gasteiger partial charge >= 0.3 is 11.9 Å². The molecule has 0 amide bonds. The van der Waals surface area contributed by atoms with Gasteiger partial charge in [-0.25, -0.2) is 14.8 Å². The summed E-state index contributed by atoms with van der Waals surface area (Å²) in [4.78, 5) is 28.4. The van der Waals surface area contributed by atoms with Gasteiger partial charge in [0.2, 0.25) is 5.82 Å². The standard InChI is InChI=1S/C7H6N2O3/c1-5(10)12-7(11)6-8-3-2-4-9-6/h2-4H,1H3. The quantitative estimate of drug-likeness (QED) is 0.439. The van der Waals surface area contributed by atoms with Crippen molar-refractivity contribution >= 4 is 11.9 Å². The zero-order valence-corrected chi connectivity index (χ0v) is 6.35. The Morgan fingerprint density at radius 1 is 1.33 bits per heavy atom. The van der Waals surface area contributed by atoms with E-state index >= 15 is 0 Å². The van der Waals surface area contributed by atoms with E-state index in [9.17, 15) is 9.59 Å². The highest BCUT2D eigenvalue weighted by Gasteiger charge is 2.11. The predicted octanol–water partition coefficient (Wildman–Crippen LogP) is 0.180. The topological polar surface area (TPSA) is 69.2 Å². The number of nitrogens with zero attached hydrogens (tertiary/aromatic N) is 2. The van der Waals surface area contributed by atoms with Crippen LogP contribution in [0.5, 0.6) is 0 Å². The number of aromatic nitrogens is 2. The highest BCUT2D eigenvalue weighted by atomic mass is 16.6. The summed E-state index contributed by atoms with van der Waals surface area (Å²) in [7, 11) is 0. The monoisotopic (exact) mass is 166 g/mol. The van der Waals surface area contributed by atoms with Gasteiger partial charge in [-0.1, -0.05) is 0 Å². The third-order valence-electron chi connectivity index (χ3n) is 0.985. The summed E-state index contributed by atoms with van der Waals surface area (Å²) in [6.45, 7) is 1.14. The van der Waals surface area contributed by atoms with Crippen molar-refractivity contribution in [3.05, 3.63) is 24.3 Å². The van der Waals surface area contributed by atoms with Gasteiger partial charge in [-0.15, -0.1) is 0 Å². The molecule has 0 atom stereocenters. The van der Waals surface area contributed by atoms with Crippen LogP contribution in [0.1, 0.15) is 17.5 Å². The maximum absolute atomic E-state index is 10.9. The third-order valence-corrected chi connectivity index (χ3v) is 0.985. The normalized spacial score (nSPS) is 9.08. The predicted molar refractivity (Wildman–Crippen MR) is 38.1 cm³/mol. The number of esters is 2. The molecule has 5 nitrogen and oxygen atoms in total. The molecule has 0 radical (unpaired) electrons. The average Bonchev–Trinajstić information content (AvgIpc) is 2.05. The van der Waals surface area contributed by atoms with Crippen molar-refractivity contribution in [1.29, 1.82) is 0 Å². The van der Waals surface area contributed by atoms with E-state index in [1.165, 1.54) is 12.4 Å². The Bertz CT molecular complexity index is 297. The fraction of sp³-hybridized carbons (Fsp3) is 0.143. The third kappa shape index (κ3) is 2.12. The molecule has 1 heterocycles. The minimum Gasteiger partial charge on any atom is -0.387 e. The molecule has 0 aliphatic rings. The van der Waals surface area contributed by atoms with Crippen LogP contribution in [-0.2, 0) is 9.53 Å². The molecule has 0 aromatic carbocycles. The van der Waals surface area contributed by atoms with Crippen LogP contribution in [-0.4, -0.2) is 21.9 Å². The van der Waals surface area contributed by atoms with Crippen molar-refractivity contribution in [2.75, 3.05) is 0 Å². The Balaban J connectivity index is 2.73. The van der Waals surface area contributed by atoms with Crippen LogP contribution >= 0.6 is 0 Å². The van der Waals surface area contributed by atoms with Crippen LogP contribution < -0.4 is 0 Å². The second-order valence-electron chi connectivity index (χ2n) is 1.95. The molecule has 1 aromatic heterocycles. The smallest absolute Gasteiger partial charge is 0.384 e. The maximum Gasteiger partial charge on any atom is 0.384 e. The van der Waals surface area contributed by atoms with Gasteiger partial charge in [0.25, 0.3) is 0 Å². The van der Waals surface area contributed by atoms with Gasteiger partial charge in [0.05, 0.1) is 0 Å².